The lowest BCUT2D eigenvalue weighted by atomic mass is 10.2. The Bertz CT molecular complexity index is 531. The topological polar surface area (TPSA) is 89.9 Å². The highest BCUT2D eigenvalue weighted by atomic mass is 32.2. The summed E-state index contributed by atoms with van der Waals surface area (Å²) in [5.74, 6) is -0.279. The minimum absolute atomic E-state index is 0.138. The standard InChI is InChI=1S/C13H22N2O4S/c1-3-15(20(2,18)19)8-4-7-14-10-11-5-6-12(16)13(17)9-11/h5-6,9,14,16-17H,3-4,7-8,10H2,1-2H3. The van der Waals surface area contributed by atoms with Crippen LogP contribution in [-0.4, -0.2) is 48.8 Å². The van der Waals surface area contributed by atoms with Crippen LogP contribution in [0.4, 0.5) is 0 Å². The van der Waals surface area contributed by atoms with E-state index < -0.39 is 10.0 Å². The molecule has 0 unspecified atom stereocenters. The third-order valence-corrected chi connectivity index (χ3v) is 4.33. The molecule has 6 nitrogen and oxygen atoms in total. The molecule has 1 aromatic carbocycles. The van der Waals surface area contributed by atoms with Crippen molar-refractivity contribution in [2.24, 2.45) is 0 Å². The zero-order chi connectivity index (χ0) is 15.2. The molecule has 114 valence electrons. The van der Waals surface area contributed by atoms with Gasteiger partial charge in [0.1, 0.15) is 0 Å². The summed E-state index contributed by atoms with van der Waals surface area (Å²) in [5.41, 5.74) is 0.857. The van der Waals surface area contributed by atoms with Crippen LogP contribution in [0.25, 0.3) is 0 Å². The molecule has 0 atom stereocenters. The number of nitrogens with one attached hydrogen (secondary N) is 1. The summed E-state index contributed by atoms with van der Waals surface area (Å²) < 4.78 is 24.2. The summed E-state index contributed by atoms with van der Waals surface area (Å²) in [6, 6.07) is 4.66. The summed E-state index contributed by atoms with van der Waals surface area (Å²) in [4.78, 5) is 0. The lowest BCUT2D eigenvalue weighted by Crippen LogP contribution is -2.32. The van der Waals surface area contributed by atoms with Gasteiger partial charge in [0.15, 0.2) is 11.5 Å². The molecule has 1 aromatic rings. The second kappa shape index (κ2) is 7.47. The molecule has 20 heavy (non-hydrogen) atoms. The average molecular weight is 302 g/mol. The highest BCUT2D eigenvalue weighted by Crippen LogP contribution is 2.24. The first-order chi connectivity index (χ1) is 9.34. The number of hydrogen-bond donors (Lipinski definition) is 3. The molecule has 0 radical (unpaired) electrons. The van der Waals surface area contributed by atoms with Gasteiger partial charge in [0, 0.05) is 19.6 Å². The molecule has 0 fully saturated rings. The van der Waals surface area contributed by atoms with E-state index in [0.717, 1.165) is 5.56 Å². The molecule has 0 bridgehead atoms. The number of phenols is 2. The predicted molar refractivity (Wildman–Crippen MR) is 78.2 cm³/mol. The van der Waals surface area contributed by atoms with Crippen molar-refractivity contribution in [2.75, 3.05) is 25.9 Å². The van der Waals surface area contributed by atoms with Crippen LogP contribution in [-0.2, 0) is 16.6 Å². The van der Waals surface area contributed by atoms with E-state index in [1.54, 1.807) is 6.07 Å². The molecule has 0 aliphatic rings. The quantitative estimate of drug-likeness (QED) is 0.489. The molecule has 0 saturated carbocycles. The van der Waals surface area contributed by atoms with Crippen molar-refractivity contribution in [3.05, 3.63) is 23.8 Å². The van der Waals surface area contributed by atoms with Crippen LogP contribution >= 0.6 is 0 Å². The van der Waals surface area contributed by atoms with Crippen LogP contribution in [0.5, 0.6) is 11.5 Å². The highest BCUT2D eigenvalue weighted by Gasteiger charge is 2.12. The number of sulfonamides is 1. The van der Waals surface area contributed by atoms with Crippen molar-refractivity contribution in [3.63, 3.8) is 0 Å². The number of aromatic hydroxyl groups is 2. The third-order valence-electron chi connectivity index (χ3n) is 2.95. The number of hydrogen-bond acceptors (Lipinski definition) is 5. The summed E-state index contributed by atoms with van der Waals surface area (Å²) in [7, 11) is -3.12. The zero-order valence-electron chi connectivity index (χ0n) is 11.8. The molecular weight excluding hydrogens is 280 g/mol. The highest BCUT2D eigenvalue weighted by molar-refractivity contribution is 7.88. The minimum atomic E-state index is -3.12. The molecule has 0 aromatic heterocycles. The van der Waals surface area contributed by atoms with E-state index in [0.29, 0.717) is 32.6 Å². The van der Waals surface area contributed by atoms with Gasteiger partial charge >= 0.3 is 0 Å². The van der Waals surface area contributed by atoms with Gasteiger partial charge in [-0.05, 0) is 30.7 Å². The molecule has 0 heterocycles. The number of rotatable bonds is 8. The normalized spacial score (nSPS) is 11.9. The van der Waals surface area contributed by atoms with Gasteiger partial charge in [-0.25, -0.2) is 12.7 Å². The van der Waals surface area contributed by atoms with Crippen molar-refractivity contribution in [1.29, 1.82) is 0 Å². The van der Waals surface area contributed by atoms with Gasteiger partial charge in [0.25, 0.3) is 0 Å². The Kier molecular flexibility index (Phi) is 6.25. The Morgan fingerprint density at radius 1 is 1.25 bits per heavy atom. The largest absolute Gasteiger partial charge is 0.504 e. The van der Waals surface area contributed by atoms with E-state index in [9.17, 15) is 18.6 Å². The predicted octanol–water partition coefficient (Wildman–Crippen LogP) is 0.859. The monoisotopic (exact) mass is 302 g/mol. The molecule has 0 aliphatic heterocycles. The molecule has 0 aliphatic carbocycles. The maximum Gasteiger partial charge on any atom is 0.211 e. The second-order valence-electron chi connectivity index (χ2n) is 4.61. The van der Waals surface area contributed by atoms with Crippen LogP contribution in [0.3, 0.4) is 0 Å². The fourth-order valence-corrected chi connectivity index (χ4v) is 2.78. The van der Waals surface area contributed by atoms with Gasteiger partial charge in [-0.2, -0.15) is 0 Å². The summed E-state index contributed by atoms with van der Waals surface area (Å²) in [6.45, 7) is 4.01. The van der Waals surface area contributed by atoms with Gasteiger partial charge < -0.3 is 15.5 Å². The van der Waals surface area contributed by atoms with Crippen LogP contribution in [0.1, 0.15) is 18.9 Å². The van der Waals surface area contributed by atoms with Crippen LogP contribution < -0.4 is 5.32 Å². The first kappa shape index (κ1) is 16.7. The molecule has 0 saturated heterocycles. The van der Waals surface area contributed by atoms with Crippen molar-refractivity contribution in [3.8, 4) is 11.5 Å². The average Bonchev–Trinajstić information content (AvgIpc) is 2.36. The summed E-state index contributed by atoms with van der Waals surface area (Å²) in [6.07, 6.45) is 1.92. The van der Waals surface area contributed by atoms with Crippen LogP contribution in [0.15, 0.2) is 18.2 Å². The fraction of sp³-hybridized carbons (Fsp3) is 0.538. The Balaban J connectivity index is 2.30. The molecule has 0 spiro atoms. The zero-order valence-corrected chi connectivity index (χ0v) is 12.7. The van der Waals surface area contributed by atoms with Crippen LogP contribution in [0, 0.1) is 0 Å². The molecule has 0 amide bonds. The van der Waals surface area contributed by atoms with Crippen molar-refractivity contribution in [2.45, 2.75) is 19.9 Å². The first-order valence-corrected chi connectivity index (χ1v) is 8.36. The van der Waals surface area contributed by atoms with Gasteiger partial charge in [0.05, 0.1) is 6.26 Å². The summed E-state index contributed by atoms with van der Waals surface area (Å²) >= 11 is 0. The number of nitrogens with zero attached hydrogens (tertiary/aromatic N) is 1. The van der Waals surface area contributed by atoms with Gasteiger partial charge in [-0.3, -0.25) is 0 Å². The number of benzene rings is 1. The van der Waals surface area contributed by atoms with Crippen molar-refractivity contribution in [1.82, 2.24) is 9.62 Å². The molecule has 3 N–H and O–H groups in total. The maximum absolute atomic E-state index is 11.4. The Morgan fingerprint density at radius 3 is 2.50 bits per heavy atom. The van der Waals surface area contributed by atoms with E-state index >= 15 is 0 Å². The number of phenolic OH excluding ortho intramolecular Hbond substituents is 2. The fourth-order valence-electron chi connectivity index (χ4n) is 1.85. The van der Waals surface area contributed by atoms with Gasteiger partial charge in [0.2, 0.25) is 10.0 Å². The Hall–Kier alpha value is -1.31. The second-order valence-corrected chi connectivity index (χ2v) is 6.59. The maximum atomic E-state index is 11.4. The summed E-state index contributed by atoms with van der Waals surface area (Å²) in [5, 5.41) is 21.7. The Labute approximate surface area is 120 Å². The van der Waals surface area contributed by atoms with E-state index in [-0.39, 0.29) is 11.5 Å². The lowest BCUT2D eigenvalue weighted by molar-refractivity contribution is 0.402. The smallest absolute Gasteiger partial charge is 0.211 e. The van der Waals surface area contributed by atoms with Gasteiger partial charge in [-0.15, -0.1) is 0 Å². The minimum Gasteiger partial charge on any atom is -0.504 e. The van der Waals surface area contributed by atoms with Crippen molar-refractivity contribution >= 4 is 10.0 Å². The van der Waals surface area contributed by atoms with E-state index in [4.69, 9.17) is 0 Å². The third kappa shape index (κ3) is 5.36. The van der Waals surface area contributed by atoms with E-state index in [2.05, 4.69) is 5.32 Å². The molecule has 7 heteroatoms. The molecular formula is C13H22N2O4S. The first-order valence-electron chi connectivity index (χ1n) is 6.51. The van der Waals surface area contributed by atoms with E-state index in [1.165, 1.54) is 22.7 Å². The van der Waals surface area contributed by atoms with Crippen molar-refractivity contribution < 1.29 is 18.6 Å². The van der Waals surface area contributed by atoms with Gasteiger partial charge in [-0.1, -0.05) is 13.0 Å². The lowest BCUT2D eigenvalue weighted by Gasteiger charge is -2.17. The molecule has 1 rings (SSSR count). The van der Waals surface area contributed by atoms with E-state index in [1.807, 2.05) is 6.92 Å². The van der Waals surface area contributed by atoms with Crippen LogP contribution in [0.2, 0.25) is 0 Å². The Morgan fingerprint density at radius 2 is 1.95 bits per heavy atom. The SMILES string of the molecule is CCN(CCCNCc1ccc(O)c(O)c1)S(C)(=O)=O.